The second kappa shape index (κ2) is 11.2. The van der Waals surface area contributed by atoms with Crippen molar-refractivity contribution in [3.8, 4) is 11.5 Å². The molecule has 1 fully saturated rings. The van der Waals surface area contributed by atoms with Crippen LogP contribution in [0.5, 0.6) is 11.5 Å². The molecule has 38 heavy (non-hydrogen) atoms. The first kappa shape index (κ1) is 25.7. The summed E-state index contributed by atoms with van der Waals surface area (Å²) < 4.78 is 11.8. The van der Waals surface area contributed by atoms with Crippen molar-refractivity contribution in [1.82, 2.24) is 5.43 Å². The highest BCUT2D eigenvalue weighted by Gasteiger charge is 2.60. The molecule has 0 spiro atoms. The van der Waals surface area contributed by atoms with E-state index in [-0.39, 0.29) is 17.2 Å². The zero-order valence-corrected chi connectivity index (χ0v) is 22.8. The van der Waals surface area contributed by atoms with Crippen LogP contribution in [0, 0.1) is 9.49 Å². The lowest BCUT2D eigenvalue weighted by molar-refractivity contribution is -0.122. The van der Waals surface area contributed by atoms with Gasteiger partial charge in [-0.25, -0.2) is 10.2 Å². The van der Waals surface area contributed by atoms with Crippen molar-refractivity contribution < 1.29 is 19.1 Å². The lowest BCUT2D eigenvalue weighted by Crippen LogP contribution is -2.25. The number of nitrogens with zero attached hydrogens (tertiary/aromatic N) is 1. The van der Waals surface area contributed by atoms with Crippen molar-refractivity contribution >= 4 is 40.7 Å². The molecule has 0 bridgehead atoms. The maximum atomic E-state index is 13.1. The van der Waals surface area contributed by atoms with Gasteiger partial charge in [0.2, 0.25) is 5.91 Å². The van der Waals surface area contributed by atoms with Gasteiger partial charge in [0.05, 0.1) is 24.8 Å². The maximum Gasteiger partial charge on any atom is 0.344 e. The average molecular weight is 616 g/mol. The molecule has 1 N–H and O–H groups in total. The van der Waals surface area contributed by atoms with Crippen LogP contribution < -0.4 is 14.9 Å². The first-order valence-electron chi connectivity index (χ1n) is 12.1. The van der Waals surface area contributed by atoms with Gasteiger partial charge in [-0.3, -0.25) is 4.79 Å². The van der Waals surface area contributed by atoms with Crippen molar-refractivity contribution in [2.24, 2.45) is 11.0 Å². The SMILES string of the molecule is COc1cc(/C=N/NC(=O)C2CC2(c2ccccc2)c2ccccc2)ccc1OC(=O)c1ccccc1I. The Labute approximate surface area is 234 Å². The van der Waals surface area contributed by atoms with E-state index >= 15 is 0 Å². The van der Waals surface area contributed by atoms with Gasteiger partial charge in [0, 0.05) is 8.99 Å². The largest absolute Gasteiger partial charge is 0.493 e. The Kier molecular flexibility index (Phi) is 7.55. The fraction of sp³-hybridized carbons (Fsp3) is 0.129. The van der Waals surface area contributed by atoms with Crippen molar-refractivity contribution in [2.75, 3.05) is 7.11 Å². The number of methoxy groups -OCH3 is 1. The summed E-state index contributed by atoms with van der Waals surface area (Å²) in [7, 11) is 1.50. The van der Waals surface area contributed by atoms with E-state index in [4.69, 9.17) is 9.47 Å². The Balaban J connectivity index is 1.27. The summed E-state index contributed by atoms with van der Waals surface area (Å²) in [4.78, 5) is 25.7. The number of hydrazone groups is 1. The standard InChI is InChI=1S/C31H25IN2O4/c1-37-28-18-21(16-17-27(28)38-30(36)24-14-8-9-15-26(24)32)20-33-34-29(35)25-19-31(25,22-10-4-2-5-11-22)23-12-6-3-7-13-23/h2-18,20,25H,19H2,1H3,(H,34,35)/b33-20+. The minimum absolute atomic E-state index is 0.135. The molecule has 0 saturated heterocycles. The van der Waals surface area contributed by atoms with Crippen LogP contribution in [0.4, 0.5) is 0 Å². The predicted molar refractivity (Wildman–Crippen MR) is 155 cm³/mol. The van der Waals surface area contributed by atoms with Crippen molar-refractivity contribution in [3.63, 3.8) is 0 Å². The molecule has 6 nitrogen and oxygen atoms in total. The third-order valence-electron chi connectivity index (χ3n) is 6.73. The molecule has 190 valence electrons. The van der Waals surface area contributed by atoms with E-state index in [1.54, 1.807) is 36.5 Å². The number of hydrogen-bond acceptors (Lipinski definition) is 5. The molecule has 1 saturated carbocycles. The lowest BCUT2D eigenvalue weighted by Gasteiger charge is -2.18. The molecule has 1 unspecified atom stereocenters. The average Bonchev–Trinajstić information content (AvgIpc) is 3.72. The predicted octanol–water partition coefficient (Wildman–Crippen LogP) is 5.98. The minimum atomic E-state index is -0.466. The van der Waals surface area contributed by atoms with Gasteiger partial charge in [-0.2, -0.15) is 5.10 Å². The number of hydrogen-bond donors (Lipinski definition) is 1. The highest BCUT2D eigenvalue weighted by molar-refractivity contribution is 14.1. The van der Waals surface area contributed by atoms with Gasteiger partial charge in [-0.15, -0.1) is 0 Å². The zero-order chi connectivity index (χ0) is 26.5. The second-order valence-corrected chi connectivity index (χ2v) is 10.1. The molecular weight excluding hydrogens is 591 g/mol. The van der Waals surface area contributed by atoms with Crippen LogP contribution in [-0.2, 0) is 10.2 Å². The zero-order valence-electron chi connectivity index (χ0n) is 20.6. The van der Waals surface area contributed by atoms with E-state index in [0.717, 1.165) is 21.1 Å². The maximum absolute atomic E-state index is 13.1. The highest BCUT2D eigenvalue weighted by atomic mass is 127. The van der Waals surface area contributed by atoms with Gasteiger partial charge < -0.3 is 9.47 Å². The third kappa shape index (κ3) is 5.19. The Morgan fingerprint density at radius 2 is 1.53 bits per heavy atom. The van der Waals surface area contributed by atoms with E-state index in [2.05, 4.69) is 57.4 Å². The molecule has 1 aliphatic carbocycles. The van der Waals surface area contributed by atoms with E-state index in [1.165, 1.54) is 7.11 Å². The second-order valence-electron chi connectivity index (χ2n) is 8.97. The molecule has 0 radical (unpaired) electrons. The normalized spacial score (nSPS) is 15.6. The van der Waals surface area contributed by atoms with Crippen LogP contribution in [0.1, 0.15) is 33.5 Å². The van der Waals surface area contributed by atoms with Crippen LogP contribution in [0.25, 0.3) is 0 Å². The fourth-order valence-corrected chi connectivity index (χ4v) is 5.34. The van der Waals surface area contributed by atoms with E-state index in [0.29, 0.717) is 22.6 Å². The summed E-state index contributed by atoms with van der Waals surface area (Å²) in [5.74, 6) is -0.141. The van der Waals surface area contributed by atoms with Crippen LogP contribution >= 0.6 is 22.6 Å². The molecule has 1 aliphatic rings. The van der Waals surface area contributed by atoms with E-state index < -0.39 is 5.97 Å². The smallest absolute Gasteiger partial charge is 0.344 e. The molecule has 0 aliphatic heterocycles. The van der Waals surface area contributed by atoms with E-state index in [1.807, 2.05) is 48.5 Å². The van der Waals surface area contributed by atoms with Crippen LogP contribution in [0.15, 0.2) is 108 Å². The molecule has 4 aromatic rings. The number of ether oxygens (including phenoxy) is 2. The topological polar surface area (TPSA) is 77.0 Å². The van der Waals surface area contributed by atoms with Gasteiger partial charge in [0.15, 0.2) is 11.5 Å². The highest BCUT2D eigenvalue weighted by Crippen LogP contribution is 2.58. The summed E-state index contributed by atoms with van der Waals surface area (Å²) in [6.45, 7) is 0. The number of halogens is 1. The number of carbonyl (C=O) groups excluding carboxylic acids is 2. The van der Waals surface area contributed by atoms with Crippen LogP contribution in [-0.4, -0.2) is 25.2 Å². The number of nitrogens with one attached hydrogen (secondary N) is 1. The number of benzene rings is 4. The number of esters is 1. The number of amides is 1. The summed E-state index contributed by atoms with van der Waals surface area (Å²) in [5, 5.41) is 4.19. The summed E-state index contributed by atoms with van der Waals surface area (Å²) in [5.41, 5.74) is 5.75. The quantitative estimate of drug-likeness (QED) is 0.0870. The lowest BCUT2D eigenvalue weighted by atomic mass is 9.85. The van der Waals surface area contributed by atoms with Crippen molar-refractivity contribution in [2.45, 2.75) is 11.8 Å². The number of carbonyl (C=O) groups is 2. The Morgan fingerprint density at radius 3 is 2.16 bits per heavy atom. The molecule has 5 rings (SSSR count). The molecule has 4 aromatic carbocycles. The molecule has 0 heterocycles. The van der Waals surface area contributed by atoms with Gasteiger partial charge >= 0.3 is 5.97 Å². The van der Waals surface area contributed by atoms with Gasteiger partial charge in [-0.1, -0.05) is 72.8 Å². The number of rotatable bonds is 8. The van der Waals surface area contributed by atoms with Gasteiger partial charge in [0.1, 0.15) is 0 Å². The Hall–Kier alpha value is -3.98. The first-order chi connectivity index (χ1) is 18.5. The third-order valence-corrected chi connectivity index (χ3v) is 7.67. The summed E-state index contributed by atoms with van der Waals surface area (Å²) in [6, 6.07) is 32.5. The molecule has 1 atom stereocenters. The van der Waals surface area contributed by atoms with E-state index in [9.17, 15) is 9.59 Å². The molecule has 7 heteroatoms. The Morgan fingerprint density at radius 1 is 0.895 bits per heavy atom. The van der Waals surface area contributed by atoms with Gasteiger partial charge in [-0.05, 0) is 76.0 Å². The monoisotopic (exact) mass is 616 g/mol. The van der Waals surface area contributed by atoms with Gasteiger partial charge in [0.25, 0.3) is 0 Å². The van der Waals surface area contributed by atoms with Crippen LogP contribution in [0.2, 0.25) is 0 Å². The summed E-state index contributed by atoms with van der Waals surface area (Å²) in [6.07, 6.45) is 2.26. The molecule has 1 amide bonds. The molecule has 0 aromatic heterocycles. The van der Waals surface area contributed by atoms with Crippen molar-refractivity contribution in [3.05, 3.63) is 129 Å². The van der Waals surface area contributed by atoms with Crippen molar-refractivity contribution in [1.29, 1.82) is 0 Å². The summed E-state index contributed by atoms with van der Waals surface area (Å²) >= 11 is 2.10. The molecular formula is C31H25IN2O4. The van der Waals surface area contributed by atoms with Crippen LogP contribution in [0.3, 0.4) is 0 Å². The minimum Gasteiger partial charge on any atom is -0.493 e. The Bertz CT molecular complexity index is 1450. The first-order valence-corrected chi connectivity index (χ1v) is 13.2. The fourth-order valence-electron chi connectivity index (χ4n) is 4.73.